The summed E-state index contributed by atoms with van der Waals surface area (Å²) in [4.78, 5) is 10.7. The Kier molecular flexibility index (Phi) is 7.98. The van der Waals surface area contributed by atoms with Gasteiger partial charge in [0.1, 0.15) is 0 Å². The first-order valence-electron chi connectivity index (χ1n) is 9.36. The first kappa shape index (κ1) is 20.9. The maximum atomic E-state index is 10.7. The second-order valence-electron chi connectivity index (χ2n) is 6.22. The summed E-state index contributed by atoms with van der Waals surface area (Å²) in [5.74, 6) is -0.953. The van der Waals surface area contributed by atoms with Crippen LogP contribution in [0.4, 0.5) is 0 Å². The van der Waals surface area contributed by atoms with Gasteiger partial charge in [0, 0.05) is 6.08 Å². The van der Waals surface area contributed by atoms with Crippen LogP contribution in [-0.2, 0) is 4.79 Å². The van der Waals surface area contributed by atoms with E-state index in [1.807, 2.05) is 49.4 Å². The summed E-state index contributed by atoms with van der Waals surface area (Å²) >= 11 is 0. The van der Waals surface area contributed by atoms with Gasteiger partial charge in [-0.15, -0.1) is 0 Å². The highest BCUT2D eigenvalue weighted by molar-refractivity contribution is 6.00. The largest absolute Gasteiger partial charge is 0.478 e. The van der Waals surface area contributed by atoms with Gasteiger partial charge >= 0.3 is 5.97 Å². The first-order chi connectivity index (χ1) is 13.6. The second-order valence-corrected chi connectivity index (χ2v) is 6.22. The Balaban J connectivity index is 2.68. The predicted molar refractivity (Wildman–Crippen MR) is 120 cm³/mol. The van der Waals surface area contributed by atoms with E-state index in [0.29, 0.717) is 0 Å². The number of rotatable bonds is 8. The van der Waals surface area contributed by atoms with Crippen LogP contribution in [0.5, 0.6) is 0 Å². The highest BCUT2D eigenvalue weighted by Crippen LogP contribution is 2.35. The molecule has 142 valence electrons. The Morgan fingerprint density at radius 3 is 2.21 bits per heavy atom. The van der Waals surface area contributed by atoms with E-state index in [1.54, 1.807) is 12.2 Å². The molecular formula is C26H26O2. The Morgan fingerprint density at radius 2 is 1.68 bits per heavy atom. The third kappa shape index (κ3) is 5.55. The van der Waals surface area contributed by atoms with Crippen molar-refractivity contribution in [2.75, 3.05) is 0 Å². The molecule has 0 saturated carbocycles. The molecule has 0 bridgehead atoms. The van der Waals surface area contributed by atoms with E-state index in [1.165, 1.54) is 11.1 Å². The van der Waals surface area contributed by atoms with Crippen molar-refractivity contribution in [2.45, 2.75) is 20.3 Å². The van der Waals surface area contributed by atoms with Crippen molar-refractivity contribution in [3.63, 3.8) is 0 Å². The number of benzene rings is 2. The van der Waals surface area contributed by atoms with Crippen LogP contribution in [0.25, 0.3) is 17.2 Å². The highest BCUT2D eigenvalue weighted by Gasteiger charge is 2.13. The van der Waals surface area contributed by atoms with E-state index in [2.05, 4.69) is 43.8 Å². The summed E-state index contributed by atoms with van der Waals surface area (Å²) in [6, 6.07) is 18.3. The standard InChI is InChI=1S/C26H26O2/c1-4-10-22(11-5-2)26(24(6-3)21-12-8-7-9-13-21)23-17-14-20(15-18-23)16-19-25(27)28/h4-5,7-19H,1,6H2,2-3H3,(H,27,28)/b11-5-,19-16+,22-10+,26-24-. The number of carbonyl (C=O) groups is 1. The fourth-order valence-electron chi connectivity index (χ4n) is 3.14. The molecule has 0 aromatic heterocycles. The zero-order valence-corrected chi connectivity index (χ0v) is 16.4. The Morgan fingerprint density at radius 1 is 1.00 bits per heavy atom. The van der Waals surface area contributed by atoms with Crippen molar-refractivity contribution < 1.29 is 9.90 Å². The van der Waals surface area contributed by atoms with Gasteiger partial charge in [0.05, 0.1) is 0 Å². The lowest BCUT2D eigenvalue weighted by Gasteiger charge is -2.17. The predicted octanol–water partition coefficient (Wildman–Crippen LogP) is 6.79. The molecule has 0 aliphatic carbocycles. The third-order valence-corrected chi connectivity index (χ3v) is 4.33. The topological polar surface area (TPSA) is 37.3 Å². The average Bonchev–Trinajstić information content (AvgIpc) is 2.71. The molecule has 0 atom stereocenters. The normalized spacial score (nSPS) is 13.0. The maximum absolute atomic E-state index is 10.7. The Bertz CT molecular complexity index is 924. The fraction of sp³-hybridized carbons (Fsp3) is 0.115. The van der Waals surface area contributed by atoms with E-state index >= 15 is 0 Å². The highest BCUT2D eigenvalue weighted by atomic mass is 16.4. The van der Waals surface area contributed by atoms with Gasteiger partial charge in [0.2, 0.25) is 0 Å². The number of aliphatic carboxylic acids is 1. The van der Waals surface area contributed by atoms with E-state index in [-0.39, 0.29) is 0 Å². The molecule has 0 aliphatic rings. The molecule has 2 aromatic rings. The quantitative estimate of drug-likeness (QED) is 0.315. The van der Waals surface area contributed by atoms with Crippen molar-refractivity contribution in [3.8, 4) is 0 Å². The summed E-state index contributed by atoms with van der Waals surface area (Å²) in [5, 5.41) is 8.82. The van der Waals surface area contributed by atoms with Gasteiger partial charge in [-0.1, -0.05) is 92.4 Å². The second kappa shape index (κ2) is 10.7. The molecule has 0 spiro atoms. The third-order valence-electron chi connectivity index (χ3n) is 4.33. The van der Waals surface area contributed by atoms with Gasteiger partial charge in [-0.3, -0.25) is 0 Å². The van der Waals surface area contributed by atoms with Gasteiger partial charge in [-0.2, -0.15) is 0 Å². The molecule has 2 nitrogen and oxygen atoms in total. The Hall–Kier alpha value is -3.39. The molecule has 1 N–H and O–H groups in total. The molecule has 0 aliphatic heterocycles. The number of hydrogen-bond donors (Lipinski definition) is 1. The van der Waals surface area contributed by atoms with Gasteiger partial charge in [0.25, 0.3) is 0 Å². The molecule has 2 heteroatoms. The minimum Gasteiger partial charge on any atom is -0.478 e. The van der Waals surface area contributed by atoms with Crippen molar-refractivity contribution in [1.29, 1.82) is 0 Å². The van der Waals surface area contributed by atoms with Gasteiger partial charge < -0.3 is 5.11 Å². The number of allylic oxidation sites excluding steroid dienone is 7. The summed E-state index contributed by atoms with van der Waals surface area (Å²) in [6.45, 7) is 8.04. The average molecular weight is 370 g/mol. The van der Waals surface area contributed by atoms with Crippen LogP contribution in [0, 0.1) is 0 Å². The van der Waals surface area contributed by atoms with E-state index in [9.17, 15) is 4.79 Å². The zero-order chi connectivity index (χ0) is 20.4. The van der Waals surface area contributed by atoms with Gasteiger partial charge in [0.15, 0.2) is 0 Å². The molecule has 0 amide bonds. The van der Waals surface area contributed by atoms with Crippen LogP contribution in [0.3, 0.4) is 0 Å². The molecule has 2 aromatic carbocycles. The molecular weight excluding hydrogens is 344 g/mol. The monoisotopic (exact) mass is 370 g/mol. The minimum absolute atomic E-state index is 0.851. The summed E-state index contributed by atoms with van der Waals surface area (Å²) in [6.07, 6.45) is 11.6. The lowest BCUT2D eigenvalue weighted by Crippen LogP contribution is -1.95. The minimum atomic E-state index is -0.953. The lowest BCUT2D eigenvalue weighted by atomic mass is 9.87. The van der Waals surface area contributed by atoms with E-state index in [0.717, 1.165) is 34.8 Å². The molecule has 0 heterocycles. The van der Waals surface area contributed by atoms with Crippen molar-refractivity contribution in [1.82, 2.24) is 0 Å². The van der Waals surface area contributed by atoms with Crippen LogP contribution in [-0.4, -0.2) is 11.1 Å². The molecule has 0 fully saturated rings. The summed E-state index contributed by atoms with van der Waals surface area (Å²) < 4.78 is 0. The lowest BCUT2D eigenvalue weighted by molar-refractivity contribution is -0.131. The number of carboxylic acids is 1. The van der Waals surface area contributed by atoms with Crippen LogP contribution < -0.4 is 0 Å². The Labute approximate surface area is 167 Å². The van der Waals surface area contributed by atoms with Crippen LogP contribution in [0.15, 0.2) is 97.1 Å². The maximum Gasteiger partial charge on any atom is 0.328 e. The van der Waals surface area contributed by atoms with Crippen LogP contribution >= 0.6 is 0 Å². The zero-order valence-electron chi connectivity index (χ0n) is 16.4. The van der Waals surface area contributed by atoms with Gasteiger partial charge in [-0.25, -0.2) is 4.79 Å². The van der Waals surface area contributed by atoms with Crippen molar-refractivity contribution in [2.24, 2.45) is 0 Å². The summed E-state index contributed by atoms with van der Waals surface area (Å²) in [5.41, 5.74) is 6.62. The number of hydrogen-bond acceptors (Lipinski definition) is 1. The van der Waals surface area contributed by atoms with Crippen molar-refractivity contribution >= 4 is 23.2 Å². The van der Waals surface area contributed by atoms with Crippen LogP contribution in [0.2, 0.25) is 0 Å². The van der Waals surface area contributed by atoms with E-state index in [4.69, 9.17) is 5.11 Å². The molecule has 28 heavy (non-hydrogen) atoms. The van der Waals surface area contributed by atoms with Gasteiger partial charge in [-0.05, 0) is 52.8 Å². The molecule has 0 saturated heterocycles. The smallest absolute Gasteiger partial charge is 0.328 e. The van der Waals surface area contributed by atoms with Crippen molar-refractivity contribution in [3.05, 3.63) is 114 Å². The molecule has 0 unspecified atom stereocenters. The molecule has 2 rings (SSSR count). The SMILES string of the molecule is C=C/C=C(\C=C/C)C(=C(\CC)c1ccccc1)/c1ccc(/C=C/C(=O)O)cc1. The number of carboxylic acid groups (broad SMARTS) is 1. The molecule has 0 radical (unpaired) electrons. The summed E-state index contributed by atoms with van der Waals surface area (Å²) in [7, 11) is 0. The first-order valence-corrected chi connectivity index (χ1v) is 9.36. The van der Waals surface area contributed by atoms with Crippen LogP contribution in [0.1, 0.15) is 37.0 Å². The fourth-order valence-corrected chi connectivity index (χ4v) is 3.14. The van der Waals surface area contributed by atoms with E-state index < -0.39 is 5.97 Å².